The maximum absolute atomic E-state index is 13.1. The van der Waals surface area contributed by atoms with E-state index in [0.29, 0.717) is 12.5 Å². The first-order chi connectivity index (χ1) is 14.7. The molecule has 2 saturated heterocycles. The maximum Gasteiger partial charge on any atom is 0.225 e. The van der Waals surface area contributed by atoms with Crippen LogP contribution in [0.1, 0.15) is 24.8 Å². The number of benzene rings is 1. The summed E-state index contributed by atoms with van der Waals surface area (Å²) in [6, 6.07) is 17.3. The van der Waals surface area contributed by atoms with E-state index in [9.17, 15) is 4.39 Å². The van der Waals surface area contributed by atoms with E-state index in [2.05, 4.69) is 33.4 Å². The van der Waals surface area contributed by atoms with Crippen molar-refractivity contribution in [2.75, 3.05) is 23.3 Å². The SMILES string of the molecule is Fc1ccc(CNc2nc(N3CCC[Si-]4(CCCC4)CC3)c3ccccc3n2)cn1. The summed E-state index contributed by atoms with van der Waals surface area (Å²) in [7, 11) is -1.03. The summed E-state index contributed by atoms with van der Waals surface area (Å²) in [5, 5.41) is 4.43. The smallest absolute Gasteiger partial charge is 0.225 e. The lowest BCUT2D eigenvalue weighted by Crippen LogP contribution is -2.32. The van der Waals surface area contributed by atoms with Gasteiger partial charge >= 0.3 is 0 Å². The molecule has 0 aliphatic carbocycles. The van der Waals surface area contributed by atoms with Crippen molar-refractivity contribution in [2.24, 2.45) is 0 Å². The van der Waals surface area contributed by atoms with Crippen molar-refractivity contribution in [2.45, 2.75) is 50.0 Å². The van der Waals surface area contributed by atoms with E-state index >= 15 is 0 Å². The van der Waals surface area contributed by atoms with Crippen molar-refractivity contribution >= 4 is 30.7 Å². The molecule has 157 valence electrons. The molecule has 2 aliphatic rings. The number of halogens is 1. The van der Waals surface area contributed by atoms with Crippen LogP contribution in [0.4, 0.5) is 16.2 Å². The van der Waals surface area contributed by atoms with Crippen molar-refractivity contribution in [1.29, 1.82) is 0 Å². The van der Waals surface area contributed by atoms with Crippen LogP contribution in [0.2, 0.25) is 24.2 Å². The summed E-state index contributed by atoms with van der Waals surface area (Å²) in [6.07, 6.45) is 5.74. The maximum atomic E-state index is 13.1. The van der Waals surface area contributed by atoms with Crippen molar-refractivity contribution < 1.29 is 4.39 Å². The highest BCUT2D eigenvalue weighted by atomic mass is 28.3. The van der Waals surface area contributed by atoms with Gasteiger partial charge in [-0.25, -0.2) is 9.97 Å². The van der Waals surface area contributed by atoms with Gasteiger partial charge in [0.1, 0.15) is 5.82 Å². The van der Waals surface area contributed by atoms with Gasteiger partial charge in [0, 0.05) is 24.7 Å². The molecule has 0 atom stereocenters. The number of hydrogen-bond donors (Lipinski definition) is 1. The van der Waals surface area contributed by atoms with E-state index in [0.717, 1.165) is 35.4 Å². The standard InChI is InChI=1S/C23H28FN5Si/c24-21-9-8-18(16-25-21)17-26-23-27-20-7-2-1-6-19(20)22(28-23)29-10-5-14-30(15-11-29)12-3-4-13-30/h1-2,6-9,16H,3-5,10-15,17H2,(H,26,27,28)/q-1. The first-order valence-electron chi connectivity index (χ1n) is 11.1. The van der Waals surface area contributed by atoms with E-state index in [4.69, 9.17) is 9.97 Å². The van der Waals surface area contributed by atoms with Crippen molar-refractivity contribution in [3.05, 3.63) is 54.1 Å². The normalized spacial score (nSPS) is 18.6. The number of para-hydroxylation sites is 1. The fourth-order valence-electron chi connectivity index (χ4n) is 5.16. The first kappa shape index (κ1) is 19.4. The van der Waals surface area contributed by atoms with Crippen molar-refractivity contribution in [3.63, 3.8) is 0 Å². The highest BCUT2D eigenvalue weighted by Crippen LogP contribution is 2.40. The van der Waals surface area contributed by atoms with Gasteiger partial charge in [-0.15, -0.1) is 14.1 Å². The molecule has 5 nitrogen and oxygen atoms in total. The van der Waals surface area contributed by atoms with Crippen LogP contribution in [0.25, 0.3) is 10.9 Å². The van der Waals surface area contributed by atoms with Crippen LogP contribution in [-0.4, -0.2) is 36.1 Å². The van der Waals surface area contributed by atoms with E-state index in [1.165, 1.54) is 49.5 Å². The number of nitrogens with one attached hydrogen (secondary N) is 1. The van der Waals surface area contributed by atoms with Crippen LogP contribution in [0.5, 0.6) is 0 Å². The lowest BCUT2D eigenvalue weighted by atomic mass is 10.2. The summed E-state index contributed by atoms with van der Waals surface area (Å²) in [5.41, 5.74) is 1.86. The Hall–Kier alpha value is -2.54. The zero-order chi connectivity index (χ0) is 20.4. The van der Waals surface area contributed by atoms with Gasteiger partial charge in [-0.3, -0.25) is 0 Å². The molecule has 2 fully saturated rings. The van der Waals surface area contributed by atoms with Crippen LogP contribution in [0.3, 0.4) is 0 Å². The van der Waals surface area contributed by atoms with Gasteiger partial charge in [-0.1, -0.05) is 37.5 Å². The van der Waals surface area contributed by atoms with Gasteiger partial charge < -0.3 is 10.2 Å². The molecule has 30 heavy (non-hydrogen) atoms. The number of pyridine rings is 1. The van der Waals surface area contributed by atoms with Crippen LogP contribution in [0.15, 0.2) is 42.6 Å². The zero-order valence-electron chi connectivity index (χ0n) is 17.3. The Morgan fingerprint density at radius 3 is 2.60 bits per heavy atom. The summed E-state index contributed by atoms with van der Waals surface area (Å²) in [5.74, 6) is 1.20. The number of fused-ring (bicyclic) bond motifs is 1. The largest absolute Gasteiger partial charge is 0.359 e. The summed E-state index contributed by atoms with van der Waals surface area (Å²) in [6.45, 7) is 2.71. The minimum atomic E-state index is -1.03. The third-order valence-electron chi connectivity index (χ3n) is 6.83. The molecular formula is C23H28FN5Si-. The number of anilines is 2. The molecule has 0 radical (unpaired) electrons. The summed E-state index contributed by atoms with van der Waals surface area (Å²) in [4.78, 5) is 15.9. The van der Waals surface area contributed by atoms with Gasteiger partial charge in [0.05, 0.1) is 5.52 Å². The average Bonchev–Trinajstić information content (AvgIpc) is 3.13. The number of aromatic nitrogens is 3. The number of hydrogen-bond acceptors (Lipinski definition) is 5. The molecule has 0 saturated carbocycles. The summed E-state index contributed by atoms with van der Waals surface area (Å²) >= 11 is 0. The Morgan fingerprint density at radius 1 is 0.933 bits per heavy atom. The van der Waals surface area contributed by atoms with Gasteiger partial charge in [-0.05, 0) is 30.3 Å². The predicted octanol–water partition coefficient (Wildman–Crippen LogP) is 5.23. The second-order valence-electron chi connectivity index (χ2n) is 8.78. The highest BCUT2D eigenvalue weighted by Gasteiger charge is 2.28. The van der Waals surface area contributed by atoms with Crippen LogP contribution in [-0.2, 0) is 6.54 Å². The quantitative estimate of drug-likeness (QED) is 0.462. The number of nitrogens with zero attached hydrogens (tertiary/aromatic N) is 4. The summed E-state index contributed by atoms with van der Waals surface area (Å²) < 4.78 is 13.1. The first-order valence-corrected chi connectivity index (χ1v) is 13.9. The molecule has 1 aromatic carbocycles. The Labute approximate surface area is 177 Å². The molecule has 1 N–H and O–H groups in total. The van der Waals surface area contributed by atoms with E-state index in [-0.39, 0.29) is 0 Å². The average molecular weight is 422 g/mol. The Kier molecular flexibility index (Phi) is 5.37. The minimum Gasteiger partial charge on any atom is -0.359 e. The second kappa shape index (κ2) is 8.30. The molecule has 0 bridgehead atoms. The highest BCUT2D eigenvalue weighted by molar-refractivity contribution is 6.80. The predicted molar refractivity (Wildman–Crippen MR) is 122 cm³/mol. The van der Waals surface area contributed by atoms with E-state index in [1.54, 1.807) is 12.3 Å². The lowest BCUT2D eigenvalue weighted by Gasteiger charge is -2.37. The molecule has 0 unspecified atom stereocenters. The van der Waals surface area contributed by atoms with Crippen molar-refractivity contribution in [3.8, 4) is 0 Å². The Morgan fingerprint density at radius 2 is 1.77 bits per heavy atom. The second-order valence-corrected chi connectivity index (χ2v) is 13.8. The topological polar surface area (TPSA) is 53.9 Å². The molecular weight excluding hydrogens is 393 g/mol. The molecule has 5 rings (SSSR count). The van der Waals surface area contributed by atoms with Gasteiger partial charge in [0.15, 0.2) is 0 Å². The van der Waals surface area contributed by atoms with Crippen LogP contribution in [0, 0.1) is 5.95 Å². The number of rotatable bonds is 4. The van der Waals surface area contributed by atoms with Crippen LogP contribution >= 0.6 is 0 Å². The third-order valence-corrected chi connectivity index (χ3v) is 12.4. The fraction of sp³-hybridized carbons (Fsp3) is 0.435. The molecule has 4 heterocycles. The molecule has 3 aromatic rings. The zero-order valence-corrected chi connectivity index (χ0v) is 18.3. The van der Waals surface area contributed by atoms with Crippen molar-refractivity contribution in [1.82, 2.24) is 15.0 Å². The monoisotopic (exact) mass is 421 g/mol. The third kappa shape index (κ3) is 4.03. The lowest BCUT2D eigenvalue weighted by molar-refractivity contribution is 0.582. The Bertz CT molecular complexity index is 1020. The van der Waals surface area contributed by atoms with E-state index in [1.807, 2.05) is 6.07 Å². The molecule has 0 amide bonds. The fourth-order valence-corrected chi connectivity index (χ4v) is 10.3. The van der Waals surface area contributed by atoms with E-state index < -0.39 is 14.0 Å². The van der Waals surface area contributed by atoms with Gasteiger partial charge in [-0.2, -0.15) is 27.5 Å². The minimum absolute atomic E-state index is 0.465. The molecule has 1 spiro atoms. The Balaban J connectivity index is 1.41. The molecule has 7 heteroatoms. The molecule has 2 aromatic heterocycles. The molecule has 2 aliphatic heterocycles. The van der Waals surface area contributed by atoms with Gasteiger partial charge in [0.2, 0.25) is 11.9 Å². The van der Waals surface area contributed by atoms with Gasteiger partial charge in [0.25, 0.3) is 0 Å². The van der Waals surface area contributed by atoms with Crippen LogP contribution < -0.4 is 10.2 Å².